The van der Waals surface area contributed by atoms with E-state index in [4.69, 9.17) is 0 Å². The average Bonchev–Trinajstić information content (AvgIpc) is 2.73. The second kappa shape index (κ2) is 7.67. The summed E-state index contributed by atoms with van der Waals surface area (Å²) in [6.45, 7) is 4.48. The summed E-state index contributed by atoms with van der Waals surface area (Å²) in [5, 5.41) is 11.1. The van der Waals surface area contributed by atoms with E-state index >= 15 is 0 Å². The highest BCUT2D eigenvalue weighted by atomic mass is 19.1. The van der Waals surface area contributed by atoms with Gasteiger partial charge in [-0.3, -0.25) is 9.59 Å². The minimum absolute atomic E-state index is 0.0575. The van der Waals surface area contributed by atoms with E-state index in [0.717, 1.165) is 12.1 Å². The molecule has 6 nitrogen and oxygen atoms in total. The van der Waals surface area contributed by atoms with Gasteiger partial charge in [0.1, 0.15) is 5.39 Å². The first-order valence-corrected chi connectivity index (χ1v) is 10.0. The Bertz CT molecular complexity index is 1420. The van der Waals surface area contributed by atoms with Crippen molar-refractivity contribution >= 4 is 21.8 Å². The van der Waals surface area contributed by atoms with Crippen LogP contribution in [0.2, 0.25) is 0 Å². The Balaban J connectivity index is 2.06. The number of rotatable bonds is 4. The van der Waals surface area contributed by atoms with Gasteiger partial charge in [0.2, 0.25) is 0 Å². The van der Waals surface area contributed by atoms with Crippen molar-refractivity contribution in [2.24, 2.45) is 0 Å². The van der Waals surface area contributed by atoms with Gasteiger partial charge in [-0.25, -0.2) is 4.39 Å². The Morgan fingerprint density at radius 3 is 2.39 bits per heavy atom. The zero-order valence-electron chi connectivity index (χ0n) is 17.8. The number of aryl methyl sites for hydroxylation is 1. The molecule has 0 radical (unpaired) electrons. The molecule has 0 aliphatic rings. The smallest absolute Gasteiger partial charge is 0.261 e. The number of halogens is 1. The van der Waals surface area contributed by atoms with Gasteiger partial charge in [0, 0.05) is 35.3 Å². The second-order valence-corrected chi connectivity index (χ2v) is 8.24. The van der Waals surface area contributed by atoms with Gasteiger partial charge in [-0.05, 0) is 38.1 Å². The van der Waals surface area contributed by atoms with Gasteiger partial charge in [0.05, 0.1) is 11.0 Å². The number of phenols is 1. The molecule has 4 rings (SSSR count). The van der Waals surface area contributed by atoms with E-state index in [9.17, 15) is 19.1 Å². The van der Waals surface area contributed by atoms with E-state index in [2.05, 4.69) is 21.8 Å². The molecule has 160 valence electrons. The molecule has 4 aromatic rings. The first-order chi connectivity index (χ1) is 14.7. The molecule has 2 heterocycles. The van der Waals surface area contributed by atoms with E-state index in [1.807, 2.05) is 38.4 Å². The monoisotopic (exact) mass is 421 g/mol. The summed E-state index contributed by atoms with van der Waals surface area (Å²) in [5.41, 5.74) is 1.50. The Hall–Kier alpha value is -3.45. The summed E-state index contributed by atoms with van der Waals surface area (Å²) in [6.07, 6.45) is 1.44. The number of benzene rings is 2. The summed E-state index contributed by atoms with van der Waals surface area (Å²) in [7, 11) is 4.02. The number of likely N-dealkylation sites (N-methyl/N-ethyl adjacent to an activating group) is 1. The fourth-order valence-corrected chi connectivity index (χ4v) is 4.22. The molecule has 31 heavy (non-hydrogen) atoms. The van der Waals surface area contributed by atoms with Crippen molar-refractivity contribution in [1.29, 1.82) is 0 Å². The van der Waals surface area contributed by atoms with Gasteiger partial charge >= 0.3 is 0 Å². The fourth-order valence-electron chi connectivity index (χ4n) is 4.22. The Morgan fingerprint density at radius 1 is 1.06 bits per heavy atom. The molecule has 0 amide bonds. The third-order valence-electron chi connectivity index (χ3n) is 5.73. The van der Waals surface area contributed by atoms with Gasteiger partial charge in [-0.2, -0.15) is 0 Å². The van der Waals surface area contributed by atoms with Gasteiger partial charge < -0.3 is 20.0 Å². The third-order valence-corrected chi connectivity index (χ3v) is 5.73. The highest BCUT2D eigenvalue weighted by Gasteiger charge is 2.22. The van der Waals surface area contributed by atoms with Crippen LogP contribution in [0.25, 0.3) is 32.9 Å². The molecule has 0 saturated carbocycles. The number of phenolic OH excluding ortho intramolecular Hbond substituents is 1. The fraction of sp³-hybridized carbons (Fsp3) is 0.250. The molecular formula is C24H24FN3O3. The molecule has 1 atom stereocenters. The van der Waals surface area contributed by atoms with E-state index in [1.165, 1.54) is 19.2 Å². The largest absolute Gasteiger partial charge is 0.504 e. The molecular weight excluding hydrogens is 397 g/mol. The maximum Gasteiger partial charge on any atom is 0.261 e. The van der Waals surface area contributed by atoms with Crippen molar-refractivity contribution in [3.05, 3.63) is 74.0 Å². The molecule has 0 aliphatic heterocycles. The standard InChI is InChI=1S/C24H24FN3O3/c1-12(11-28(3)4)14-5-7-15(8-6-14)17-19-21(13(2)20(25)23(17)30)27-24(31)18-16(29)9-10-26-22(18)19/h5-10,12,30H,11H2,1-4H3,(H,26,29)(H,27,31). The SMILES string of the molecule is Cc1c(F)c(O)c(-c2ccc(C(C)CN(C)C)cc2)c2c1[nH]c(=O)c1c(=O)cc[nH]c12. The van der Waals surface area contributed by atoms with Crippen LogP contribution in [0.3, 0.4) is 0 Å². The number of aromatic amines is 2. The van der Waals surface area contributed by atoms with Crippen molar-refractivity contribution in [3.63, 3.8) is 0 Å². The lowest BCUT2D eigenvalue weighted by molar-refractivity contribution is 0.383. The lowest BCUT2D eigenvalue weighted by Gasteiger charge is -2.18. The minimum Gasteiger partial charge on any atom is -0.504 e. The number of hydrogen-bond donors (Lipinski definition) is 3. The van der Waals surface area contributed by atoms with Crippen LogP contribution in [0.1, 0.15) is 24.0 Å². The van der Waals surface area contributed by atoms with Crippen LogP contribution < -0.4 is 11.0 Å². The zero-order chi connectivity index (χ0) is 22.4. The maximum atomic E-state index is 14.9. The van der Waals surface area contributed by atoms with Gasteiger partial charge in [-0.15, -0.1) is 0 Å². The van der Waals surface area contributed by atoms with Gasteiger partial charge in [-0.1, -0.05) is 31.2 Å². The maximum absolute atomic E-state index is 14.9. The molecule has 0 spiro atoms. The van der Waals surface area contributed by atoms with Crippen LogP contribution >= 0.6 is 0 Å². The summed E-state index contributed by atoms with van der Waals surface area (Å²) in [4.78, 5) is 32.6. The topological polar surface area (TPSA) is 89.2 Å². The predicted molar refractivity (Wildman–Crippen MR) is 121 cm³/mol. The van der Waals surface area contributed by atoms with Crippen molar-refractivity contribution in [3.8, 4) is 16.9 Å². The van der Waals surface area contributed by atoms with Crippen LogP contribution in [0.4, 0.5) is 4.39 Å². The highest BCUT2D eigenvalue weighted by molar-refractivity contribution is 6.13. The van der Waals surface area contributed by atoms with Crippen molar-refractivity contribution in [2.75, 3.05) is 20.6 Å². The number of fused-ring (bicyclic) bond motifs is 3. The molecule has 3 N–H and O–H groups in total. The summed E-state index contributed by atoms with van der Waals surface area (Å²) in [5.74, 6) is -1.03. The molecule has 2 aromatic carbocycles. The highest BCUT2D eigenvalue weighted by Crippen LogP contribution is 2.41. The van der Waals surface area contributed by atoms with Gasteiger partial charge in [0.15, 0.2) is 17.0 Å². The van der Waals surface area contributed by atoms with Crippen molar-refractivity contribution in [2.45, 2.75) is 19.8 Å². The number of pyridine rings is 2. The number of nitrogens with one attached hydrogen (secondary N) is 2. The number of aromatic nitrogens is 2. The summed E-state index contributed by atoms with van der Waals surface area (Å²) >= 11 is 0. The average molecular weight is 421 g/mol. The molecule has 0 saturated heterocycles. The normalized spacial score (nSPS) is 12.7. The van der Waals surface area contributed by atoms with Crippen LogP contribution in [0.15, 0.2) is 46.1 Å². The van der Waals surface area contributed by atoms with Crippen molar-refractivity contribution < 1.29 is 9.50 Å². The van der Waals surface area contributed by atoms with Crippen molar-refractivity contribution in [1.82, 2.24) is 14.9 Å². The van der Waals surface area contributed by atoms with Crippen LogP contribution in [-0.2, 0) is 0 Å². The van der Waals surface area contributed by atoms with E-state index < -0.39 is 22.6 Å². The first-order valence-electron chi connectivity index (χ1n) is 10.0. The summed E-state index contributed by atoms with van der Waals surface area (Å²) in [6, 6.07) is 8.80. The molecule has 0 fully saturated rings. The second-order valence-electron chi connectivity index (χ2n) is 8.24. The Labute approximate surface area is 178 Å². The summed E-state index contributed by atoms with van der Waals surface area (Å²) < 4.78 is 14.9. The lowest BCUT2D eigenvalue weighted by atomic mass is 9.92. The van der Waals surface area contributed by atoms with E-state index in [1.54, 1.807) is 0 Å². The van der Waals surface area contributed by atoms with Crippen LogP contribution in [0.5, 0.6) is 5.75 Å². The number of nitrogens with zero attached hydrogens (tertiary/aromatic N) is 1. The predicted octanol–water partition coefficient (Wildman–Crippen LogP) is 3.85. The lowest BCUT2D eigenvalue weighted by Crippen LogP contribution is -2.18. The van der Waals surface area contributed by atoms with E-state index in [0.29, 0.717) is 10.9 Å². The third kappa shape index (κ3) is 3.41. The van der Waals surface area contributed by atoms with Gasteiger partial charge in [0.25, 0.3) is 5.56 Å². The zero-order valence-corrected chi connectivity index (χ0v) is 17.8. The quantitative estimate of drug-likeness (QED) is 0.437. The minimum atomic E-state index is -0.805. The van der Waals surface area contributed by atoms with E-state index in [-0.39, 0.29) is 33.5 Å². The molecule has 0 bridgehead atoms. The molecule has 2 aromatic heterocycles. The molecule has 0 aliphatic carbocycles. The van der Waals surface area contributed by atoms with Crippen LogP contribution in [0, 0.1) is 12.7 Å². The number of aromatic hydroxyl groups is 1. The first kappa shape index (κ1) is 20.8. The molecule has 1 unspecified atom stereocenters. The number of hydrogen-bond acceptors (Lipinski definition) is 4. The number of H-pyrrole nitrogens is 2. The van der Waals surface area contributed by atoms with Crippen LogP contribution in [-0.4, -0.2) is 40.6 Å². The Kier molecular flexibility index (Phi) is 5.15. The Morgan fingerprint density at radius 2 is 1.74 bits per heavy atom. The molecule has 7 heteroatoms.